The topological polar surface area (TPSA) is 38.1 Å². The number of pyridine rings is 1. The highest BCUT2D eigenvalue weighted by molar-refractivity contribution is 5.77. The monoisotopic (exact) mass is 283 g/mol. The largest absolute Gasteiger partial charge is 0.353 e. The van der Waals surface area contributed by atoms with Crippen molar-refractivity contribution in [1.29, 1.82) is 0 Å². The highest BCUT2D eigenvalue weighted by Gasteiger charge is 2.30. The van der Waals surface area contributed by atoms with Crippen LogP contribution in [-0.2, 0) is 18.3 Å². The summed E-state index contributed by atoms with van der Waals surface area (Å²) in [5.74, 6) is 0.240. The van der Waals surface area contributed by atoms with Crippen molar-refractivity contribution in [1.82, 2.24) is 14.5 Å². The Balaban J connectivity index is 1.65. The molecule has 1 aliphatic heterocycles. The van der Waals surface area contributed by atoms with E-state index in [1.54, 1.807) is 6.20 Å². The molecule has 1 aliphatic rings. The van der Waals surface area contributed by atoms with Gasteiger partial charge in [-0.05, 0) is 43.5 Å². The number of aryl methyl sites for hydroxylation is 2. The van der Waals surface area contributed by atoms with Crippen LogP contribution < -0.4 is 0 Å². The third-order valence-corrected chi connectivity index (χ3v) is 4.22. The fourth-order valence-electron chi connectivity index (χ4n) is 3.12. The molecule has 0 aromatic carbocycles. The van der Waals surface area contributed by atoms with Gasteiger partial charge >= 0.3 is 0 Å². The molecule has 0 saturated carbocycles. The van der Waals surface area contributed by atoms with Crippen LogP contribution in [0.15, 0.2) is 42.7 Å². The molecule has 1 saturated heterocycles. The van der Waals surface area contributed by atoms with Crippen molar-refractivity contribution >= 4 is 5.91 Å². The van der Waals surface area contributed by atoms with Crippen molar-refractivity contribution in [3.63, 3.8) is 0 Å². The Hall–Kier alpha value is -2.10. The van der Waals surface area contributed by atoms with E-state index in [-0.39, 0.29) is 11.9 Å². The third-order valence-electron chi connectivity index (χ3n) is 4.22. The molecular formula is C17H21N3O. The molecule has 110 valence electrons. The first-order chi connectivity index (χ1) is 10.3. The summed E-state index contributed by atoms with van der Waals surface area (Å²) < 4.78 is 2.12. The molecule has 21 heavy (non-hydrogen) atoms. The van der Waals surface area contributed by atoms with Crippen LogP contribution in [0.5, 0.6) is 0 Å². The molecule has 3 rings (SSSR count). The van der Waals surface area contributed by atoms with E-state index < -0.39 is 0 Å². The number of carbonyl (C=O) groups is 1. The predicted molar refractivity (Wildman–Crippen MR) is 81.7 cm³/mol. The second kappa shape index (κ2) is 6.12. The molecule has 4 heteroatoms. The maximum Gasteiger partial charge on any atom is 0.223 e. The molecule has 0 radical (unpaired) electrons. The molecule has 0 N–H and O–H groups in total. The van der Waals surface area contributed by atoms with E-state index in [4.69, 9.17) is 0 Å². The standard InChI is InChI=1S/C17H21N3O/c1-19-12-4-7-15(19)16-8-5-13-20(16)17(21)10-9-14-6-2-3-11-18-14/h2-4,6-7,11-12,16H,5,8-10,13H2,1H3. The second-order valence-corrected chi connectivity index (χ2v) is 5.61. The van der Waals surface area contributed by atoms with Gasteiger partial charge in [-0.25, -0.2) is 0 Å². The summed E-state index contributed by atoms with van der Waals surface area (Å²) in [6, 6.07) is 10.2. The van der Waals surface area contributed by atoms with Crippen molar-refractivity contribution in [2.24, 2.45) is 7.05 Å². The smallest absolute Gasteiger partial charge is 0.223 e. The van der Waals surface area contributed by atoms with Crippen LogP contribution in [0.2, 0.25) is 0 Å². The highest BCUT2D eigenvalue weighted by atomic mass is 16.2. The van der Waals surface area contributed by atoms with Crippen LogP contribution in [0.4, 0.5) is 0 Å². The average molecular weight is 283 g/mol. The second-order valence-electron chi connectivity index (χ2n) is 5.61. The molecule has 3 heterocycles. The van der Waals surface area contributed by atoms with Gasteiger partial charge in [-0.1, -0.05) is 6.07 Å². The molecule has 1 fully saturated rings. The van der Waals surface area contributed by atoms with Gasteiger partial charge < -0.3 is 9.47 Å². The van der Waals surface area contributed by atoms with Crippen LogP contribution in [0.25, 0.3) is 0 Å². The van der Waals surface area contributed by atoms with E-state index in [1.807, 2.05) is 42.4 Å². The number of aromatic nitrogens is 2. The van der Waals surface area contributed by atoms with Crippen molar-refractivity contribution < 1.29 is 4.79 Å². The predicted octanol–water partition coefficient (Wildman–Crippen LogP) is 2.72. The summed E-state index contributed by atoms with van der Waals surface area (Å²) in [5.41, 5.74) is 2.22. The van der Waals surface area contributed by atoms with Gasteiger partial charge in [0.1, 0.15) is 0 Å². The Labute approximate surface area is 125 Å². The average Bonchev–Trinajstić information content (AvgIpc) is 3.14. The van der Waals surface area contributed by atoms with Crippen LogP contribution >= 0.6 is 0 Å². The summed E-state index contributed by atoms with van der Waals surface area (Å²) in [6.45, 7) is 0.872. The Kier molecular flexibility index (Phi) is 4.04. The number of hydrogen-bond acceptors (Lipinski definition) is 2. The molecule has 1 atom stereocenters. The van der Waals surface area contributed by atoms with Crippen LogP contribution in [0, 0.1) is 0 Å². The summed E-state index contributed by atoms with van der Waals surface area (Å²) in [5, 5.41) is 0. The Morgan fingerprint density at radius 3 is 2.95 bits per heavy atom. The number of rotatable bonds is 4. The lowest BCUT2D eigenvalue weighted by Gasteiger charge is -2.25. The fourth-order valence-corrected chi connectivity index (χ4v) is 3.12. The van der Waals surface area contributed by atoms with Gasteiger partial charge in [0.15, 0.2) is 0 Å². The van der Waals surface area contributed by atoms with E-state index in [0.717, 1.165) is 31.5 Å². The minimum absolute atomic E-state index is 0.237. The van der Waals surface area contributed by atoms with Crippen molar-refractivity contribution in [3.8, 4) is 0 Å². The first-order valence-electron chi connectivity index (χ1n) is 7.56. The quantitative estimate of drug-likeness (QED) is 0.865. The first kappa shape index (κ1) is 13.9. The van der Waals surface area contributed by atoms with E-state index in [9.17, 15) is 4.79 Å². The summed E-state index contributed by atoms with van der Waals surface area (Å²) >= 11 is 0. The molecule has 2 aromatic heterocycles. The van der Waals surface area contributed by atoms with Gasteiger partial charge in [-0.2, -0.15) is 0 Å². The number of hydrogen-bond donors (Lipinski definition) is 0. The Morgan fingerprint density at radius 2 is 2.24 bits per heavy atom. The maximum absolute atomic E-state index is 12.5. The summed E-state index contributed by atoms with van der Waals surface area (Å²) in [4.78, 5) is 18.8. The SMILES string of the molecule is Cn1cccc1C1CCCN1C(=O)CCc1ccccn1. The summed E-state index contributed by atoms with van der Waals surface area (Å²) in [6.07, 6.45) is 7.24. The lowest BCUT2D eigenvalue weighted by Crippen LogP contribution is -2.31. The fraction of sp³-hybridized carbons (Fsp3) is 0.412. The van der Waals surface area contributed by atoms with Crippen LogP contribution in [0.1, 0.15) is 36.7 Å². The van der Waals surface area contributed by atoms with E-state index >= 15 is 0 Å². The first-order valence-corrected chi connectivity index (χ1v) is 7.56. The van der Waals surface area contributed by atoms with Gasteiger partial charge in [-0.3, -0.25) is 9.78 Å². The number of likely N-dealkylation sites (tertiary alicyclic amines) is 1. The highest BCUT2D eigenvalue weighted by Crippen LogP contribution is 2.32. The zero-order valence-corrected chi connectivity index (χ0v) is 12.4. The molecule has 2 aromatic rings. The van der Waals surface area contributed by atoms with Gasteiger partial charge in [-0.15, -0.1) is 0 Å². The molecule has 0 aliphatic carbocycles. The van der Waals surface area contributed by atoms with Gasteiger partial charge in [0, 0.05) is 43.8 Å². The molecule has 1 unspecified atom stereocenters. The number of nitrogens with zero attached hydrogens (tertiary/aromatic N) is 3. The van der Waals surface area contributed by atoms with Crippen LogP contribution in [-0.4, -0.2) is 26.9 Å². The zero-order chi connectivity index (χ0) is 14.7. The Morgan fingerprint density at radius 1 is 1.33 bits per heavy atom. The van der Waals surface area contributed by atoms with E-state index in [1.165, 1.54) is 5.69 Å². The Bertz CT molecular complexity index is 606. The summed E-state index contributed by atoms with van der Waals surface area (Å²) in [7, 11) is 2.05. The lowest BCUT2D eigenvalue weighted by molar-refractivity contribution is -0.132. The lowest BCUT2D eigenvalue weighted by atomic mass is 10.1. The number of carbonyl (C=O) groups excluding carboxylic acids is 1. The molecular weight excluding hydrogens is 262 g/mol. The molecule has 0 bridgehead atoms. The minimum atomic E-state index is 0.237. The minimum Gasteiger partial charge on any atom is -0.353 e. The molecule has 0 spiro atoms. The molecule has 1 amide bonds. The van der Waals surface area contributed by atoms with Gasteiger partial charge in [0.25, 0.3) is 0 Å². The number of amides is 1. The zero-order valence-electron chi connectivity index (χ0n) is 12.4. The normalized spacial score (nSPS) is 18.1. The maximum atomic E-state index is 12.5. The van der Waals surface area contributed by atoms with Gasteiger partial charge in [0.05, 0.1) is 6.04 Å². The molecule has 4 nitrogen and oxygen atoms in total. The third kappa shape index (κ3) is 2.99. The van der Waals surface area contributed by atoms with Crippen LogP contribution in [0.3, 0.4) is 0 Å². The van der Waals surface area contributed by atoms with Crippen molar-refractivity contribution in [3.05, 3.63) is 54.1 Å². The van der Waals surface area contributed by atoms with E-state index in [2.05, 4.69) is 15.6 Å². The van der Waals surface area contributed by atoms with E-state index in [0.29, 0.717) is 6.42 Å². The van der Waals surface area contributed by atoms with Gasteiger partial charge in [0.2, 0.25) is 5.91 Å². The van der Waals surface area contributed by atoms with Crippen molar-refractivity contribution in [2.75, 3.05) is 6.54 Å². The van der Waals surface area contributed by atoms with Crippen molar-refractivity contribution in [2.45, 2.75) is 31.7 Å².